The van der Waals surface area contributed by atoms with Gasteiger partial charge in [0.05, 0.1) is 12.5 Å². The second-order valence-corrected chi connectivity index (χ2v) is 7.69. The summed E-state index contributed by atoms with van der Waals surface area (Å²) in [5.41, 5.74) is 1.87. The average molecular weight is 384 g/mol. The van der Waals surface area contributed by atoms with Crippen LogP contribution in [0.3, 0.4) is 0 Å². The largest absolute Gasteiger partial charge is 0.456 e. The first-order chi connectivity index (χ1) is 13.5. The molecule has 0 saturated heterocycles. The SMILES string of the molecule is CC(=O)N1C=Cc2ccccc2[C@@H]1CC(=O)OCC(=O)N[C@@H]1CCCC[C@@H]1C. The van der Waals surface area contributed by atoms with Gasteiger partial charge in [0.2, 0.25) is 5.91 Å². The molecule has 6 nitrogen and oxygen atoms in total. The minimum absolute atomic E-state index is 0.00798. The highest BCUT2D eigenvalue weighted by Crippen LogP contribution is 2.33. The van der Waals surface area contributed by atoms with E-state index in [9.17, 15) is 14.4 Å². The first-order valence-electron chi connectivity index (χ1n) is 9.96. The molecule has 150 valence electrons. The molecule has 0 radical (unpaired) electrons. The number of benzene rings is 1. The van der Waals surface area contributed by atoms with Crippen molar-refractivity contribution in [1.82, 2.24) is 10.2 Å². The fourth-order valence-electron chi connectivity index (χ4n) is 4.06. The maximum Gasteiger partial charge on any atom is 0.308 e. The molecule has 2 amide bonds. The number of hydrogen-bond donors (Lipinski definition) is 1. The van der Waals surface area contributed by atoms with Gasteiger partial charge in [-0.2, -0.15) is 0 Å². The lowest BCUT2D eigenvalue weighted by Crippen LogP contribution is -2.43. The van der Waals surface area contributed by atoms with Gasteiger partial charge in [-0.25, -0.2) is 0 Å². The average Bonchev–Trinajstić information content (AvgIpc) is 2.68. The Morgan fingerprint density at radius 1 is 1.18 bits per heavy atom. The predicted octanol–water partition coefficient (Wildman–Crippen LogP) is 3.19. The standard InChI is InChI=1S/C22H28N2O4/c1-15-7-3-6-10-19(15)23-21(26)14-28-22(27)13-20-18-9-5-4-8-17(18)11-12-24(20)16(2)25/h4-5,8-9,11-12,15,19-20H,3,6-7,10,13-14H2,1-2H3,(H,23,26)/t15-,19+,20-/m0/s1. The van der Waals surface area contributed by atoms with Crippen molar-refractivity contribution in [2.24, 2.45) is 5.92 Å². The van der Waals surface area contributed by atoms with Gasteiger partial charge < -0.3 is 15.0 Å². The molecule has 1 heterocycles. The molecule has 1 aliphatic carbocycles. The first-order valence-corrected chi connectivity index (χ1v) is 9.96. The summed E-state index contributed by atoms with van der Waals surface area (Å²) in [5, 5.41) is 2.98. The molecule has 0 spiro atoms. The summed E-state index contributed by atoms with van der Waals surface area (Å²) < 4.78 is 5.21. The van der Waals surface area contributed by atoms with Crippen LogP contribution in [0.1, 0.15) is 63.1 Å². The number of rotatable bonds is 5. The number of carbonyl (C=O) groups is 3. The summed E-state index contributed by atoms with van der Waals surface area (Å²) in [5.74, 6) is -0.455. The van der Waals surface area contributed by atoms with Crippen LogP contribution in [0, 0.1) is 5.92 Å². The molecule has 0 bridgehead atoms. The molecular formula is C22H28N2O4. The van der Waals surface area contributed by atoms with Gasteiger partial charge >= 0.3 is 5.97 Å². The Balaban J connectivity index is 1.56. The molecule has 3 atom stereocenters. The van der Waals surface area contributed by atoms with Gasteiger partial charge in [0.1, 0.15) is 0 Å². The monoisotopic (exact) mass is 384 g/mol. The summed E-state index contributed by atoms with van der Waals surface area (Å²) in [6.07, 6.45) is 7.96. The molecule has 1 saturated carbocycles. The van der Waals surface area contributed by atoms with E-state index in [1.165, 1.54) is 18.2 Å². The van der Waals surface area contributed by atoms with Gasteiger partial charge in [-0.05, 0) is 36.0 Å². The van der Waals surface area contributed by atoms with Crippen LogP contribution in [0.25, 0.3) is 6.08 Å². The third-order valence-corrected chi connectivity index (χ3v) is 5.65. The molecule has 1 aromatic carbocycles. The maximum absolute atomic E-state index is 12.4. The fourth-order valence-corrected chi connectivity index (χ4v) is 4.06. The zero-order valence-electron chi connectivity index (χ0n) is 16.5. The van der Waals surface area contributed by atoms with Gasteiger partial charge in [-0.1, -0.05) is 44.0 Å². The minimum atomic E-state index is -0.492. The van der Waals surface area contributed by atoms with E-state index < -0.39 is 12.0 Å². The van der Waals surface area contributed by atoms with Crippen molar-refractivity contribution in [2.45, 2.75) is 58.0 Å². The summed E-state index contributed by atoms with van der Waals surface area (Å²) in [6.45, 7) is 3.32. The number of amides is 2. The highest BCUT2D eigenvalue weighted by Gasteiger charge is 2.29. The summed E-state index contributed by atoms with van der Waals surface area (Å²) in [7, 11) is 0. The molecule has 1 aliphatic heterocycles. The van der Waals surface area contributed by atoms with Crippen molar-refractivity contribution in [3.63, 3.8) is 0 Å². The van der Waals surface area contributed by atoms with Crippen molar-refractivity contribution in [3.8, 4) is 0 Å². The lowest BCUT2D eigenvalue weighted by molar-refractivity contribution is -0.150. The topological polar surface area (TPSA) is 75.7 Å². The van der Waals surface area contributed by atoms with Crippen LogP contribution in [0.5, 0.6) is 0 Å². The highest BCUT2D eigenvalue weighted by molar-refractivity contribution is 5.82. The van der Waals surface area contributed by atoms with Gasteiger partial charge in [-0.3, -0.25) is 14.4 Å². The molecule has 1 N–H and O–H groups in total. The molecule has 0 aromatic heterocycles. The van der Waals surface area contributed by atoms with Gasteiger partial charge in [-0.15, -0.1) is 0 Å². The fraction of sp³-hybridized carbons (Fsp3) is 0.500. The molecule has 1 aromatic rings. The Bertz CT molecular complexity index is 774. The van der Waals surface area contributed by atoms with Gasteiger partial charge in [0.25, 0.3) is 5.91 Å². The minimum Gasteiger partial charge on any atom is -0.456 e. The van der Waals surface area contributed by atoms with Crippen molar-refractivity contribution < 1.29 is 19.1 Å². The highest BCUT2D eigenvalue weighted by atomic mass is 16.5. The number of nitrogens with one attached hydrogen (secondary N) is 1. The van der Waals surface area contributed by atoms with Crippen LogP contribution < -0.4 is 5.32 Å². The summed E-state index contributed by atoms with van der Waals surface area (Å²) >= 11 is 0. The molecule has 2 aliphatic rings. The smallest absolute Gasteiger partial charge is 0.308 e. The lowest BCUT2D eigenvalue weighted by atomic mass is 9.86. The Morgan fingerprint density at radius 2 is 1.93 bits per heavy atom. The van der Waals surface area contributed by atoms with Crippen LogP contribution >= 0.6 is 0 Å². The number of nitrogens with zero attached hydrogens (tertiary/aromatic N) is 1. The van der Waals surface area contributed by atoms with E-state index in [0.717, 1.165) is 30.4 Å². The zero-order valence-corrected chi connectivity index (χ0v) is 16.5. The van der Waals surface area contributed by atoms with Gasteiger partial charge in [0.15, 0.2) is 6.61 Å². The van der Waals surface area contributed by atoms with E-state index in [2.05, 4.69) is 12.2 Å². The maximum atomic E-state index is 12.4. The lowest BCUT2D eigenvalue weighted by Gasteiger charge is -2.32. The molecule has 3 rings (SSSR count). The van der Waals surface area contributed by atoms with E-state index in [0.29, 0.717) is 5.92 Å². The zero-order chi connectivity index (χ0) is 20.1. The van der Waals surface area contributed by atoms with Gasteiger partial charge in [0, 0.05) is 19.2 Å². The number of ether oxygens (including phenoxy) is 1. The van der Waals surface area contributed by atoms with Crippen molar-refractivity contribution in [2.75, 3.05) is 6.61 Å². The van der Waals surface area contributed by atoms with Crippen molar-refractivity contribution >= 4 is 23.9 Å². The van der Waals surface area contributed by atoms with Crippen LogP contribution in [-0.4, -0.2) is 35.3 Å². The van der Waals surface area contributed by atoms with E-state index in [1.54, 1.807) is 6.20 Å². The predicted molar refractivity (Wildman–Crippen MR) is 106 cm³/mol. The number of hydrogen-bond acceptors (Lipinski definition) is 4. The van der Waals surface area contributed by atoms with Crippen LogP contribution in [0.15, 0.2) is 30.5 Å². The van der Waals surface area contributed by atoms with E-state index in [1.807, 2.05) is 30.3 Å². The Labute approximate surface area is 165 Å². The Hall–Kier alpha value is -2.63. The quantitative estimate of drug-likeness (QED) is 0.791. The van der Waals surface area contributed by atoms with Crippen LogP contribution in [0.2, 0.25) is 0 Å². The number of esters is 1. The first kappa shape index (κ1) is 20.1. The summed E-state index contributed by atoms with van der Waals surface area (Å²) in [6, 6.07) is 7.38. The normalized spacial score (nSPS) is 23.6. The summed E-state index contributed by atoms with van der Waals surface area (Å²) in [4.78, 5) is 38.1. The van der Waals surface area contributed by atoms with Crippen LogP contribution in [-0.2, 0) is 19.1 Å². The second-order valence-electron chi connectivity index (χ2n) is 7.69. The molecular weight excluding hydrogens is 356 g/mol. The molecule has 28 heavy (non-hydrogen) atoms. The van der Waals surface area contributed by atoms with Crippen molar-refractivity contribution in [3.05, 3.63) is 41.6 Å². The van der Waals surface area contributed by atoms with E-state index in [-0.39, 0.29) is 30.9 Å². The van der Waals surface area contributed by atoms with Crippen molar-refractivity contribution in [1.29, 1.82) is 0 Å². The van der Waals surface area contributed by atoms with Crippen LogP contribution in [0.4, 0.5) is 0 Å². The van der Waals surface area contributed by atoms with E-state index in [4.69, 9.17) is 4.74 Å². The molecule has 0 unspecified atom stereocenters. The number of fused-ring (bicyclic) bond motifs is 1. The Morgan fingerprint density at radius 3 is 2.68 bits per heavy atom. The Kier molecular flexibility index (Phi) is 6.49. The number of carbonyl (C=O) groups excluding carboxylic acids is 3. The van der Waals surface area contributed by atoms with E-state index >= 15 is 0 Å². The third-order valence-electron chi connectivity index (χ3n) is 5.65. The third kappa shape index (κ3) is 4.80. The molecule has 1 fully saturated rings. The second kappa shape index (κ2) is 9.04. The molecule has 6 heteroatoms.